The van der Waals surface area contributed by atoms with Crippen LogP contribution in [0.1, 0.15) is 52.4 Å². The maximum Gasteiger partial charge on any atom is 0.323 e. The maximum atomic E-state index is 12.1. The van der Waals surface area contributed by atoms with Gasteiger partial charge in [0.15, 0.2) is 0 Å². The van der Waals surface area contributed by atoms with Crippen LogP contribution in [0.15, 0.2) is 0 Å². The molecule has 110 valence electrons. The molecule has 2 bridgehead atoms. The molecule has 3 unspecified atom stereocenters. The second-order valence-corrected chi connectivity index (χ2v) is 5.99. The summed E-state index contributed by atoms with van der Waals surface area (Å²) in [5.74, 6) is -0.0438. The summed E-state index contributed by atoms with van der Waals surface area (Å²) in [5.41, 5.74) is 0. The van der Waals surface area contributed by atoms with Crippen LogP contribution in [0, 0.1) is 0 Å². The molecule has 4 heteroatoms. The van der Waals surface area contributed by atoms with E-state index in [4.69, 9.17) is 4.74 Å². The summed E-state index contributed by atoms with van der Waals surface area (Å²) >= 11 is 0. The van der Waals surface area contributed by atoms with Gasteiger partial charge in [-0.05, 0) is 46.1 Å². The standard InChI is InChI=1S/C15H28N2O2/c1-4-6-14(15(18)19-5-2)17(3)13-9-11-7-8-12(10-13)16-11/h11-14,16H,4-10H2,1-3H3. The summed E-state index contributed by atoms with van der Waals surface area (Å²) in [6.07, 6.45) is 6.86. The summed E-state index contributed by atoms with van der Waals surface area (Å²) in [7, 11) is 2.10. The summed E-state index contributed by atoms with van der Waals surface area (Å²) in [6, 6.07) is 1.79. The fourth-order valence-corrected chi connectivity index (χ4v) is 3.61. The first-order chi connectivity index (χ1) is 9.15. The van der Waals surface area contributed by atoms with Crippen LogP contribution in [0.2, 0.25) is 0 Å². The van der Waals surface area contributed by atoms with E-state index < -0.39 is 0 Å². The van der Waals surface area contributed by atoms with Gasteiger partial charge >= 0.3 is 5.97 Å². The number of nitrogens with zero attached hydrogens (tertiary/aromatic N) is 1. The van der Waals surface area contributed by atoms with Gasteiger partial charge in [0.05, 0.1) is 6.61 Å². The van der Waals surface area contributed by atoms with Crippen LogP contribution in [0.3, 0.4) is 0 Å². The van der Waals surface area contributed by atoms with E-state index in [1.54, 1.807) is 0 Å². The number of piperidine rings is 1. The number of hydrogen-bond donors (Lipinski definition) is 1. The van der Waals surface area contributed by atoms with Gasteiger partial charge in [-0.1, -0.05) is 13.3 Å². The molecule has 0 aliphatic carbocycles. The van der Waals surface area contributed by atoms with Crippen molar-refractivity contribution >= 4 is 5.97 Å². The first-order valence-electron chi connectivity index (χ1n) is 7.80. The predicted molar refractivity (Wildman–Crippen MR) is 76.1 cm³/mol. The summed E-state index contributed by atoms with van der Waals surface area (Å²) in [4.78, 5) is 14.4. The number of nitrogens with one attached hydrogen (secondary N) is 1. The fraction of sp³-hybridized carbons (Fsp3) is 0.933. The van der Waals surface area contributed by atoms with Crippen molar-refractivity contribution in [1.29, 1.82) is 0 Å². The normalized spacial score (nSPS) is 31.5. The number of esters is 1. The highest BCUT2D eigenvalue weighted by Gasteiger charge is 2.38. The minimum Gasteiger partial charge on any atom is -0.465 e. The Morgan fingerprint density at radius 3 is 2.47 bits per heavy atom. The SMILES string of the molecule is CCCC(C(=O)OCC)N(C)C1CC2CCC(C1)N2. The number of fused-ring (bicyclic) bond motifs is 2. The second-order valence-electron chi connectivity index (χ2n) is 5.99. The van der Waals surface area contributed by atoms with E-state index >= 15 is 0 Å². The molecule has 2 aliphatic heterocycles. The lowest BCUT2D eigenvalue weighted by atomic mass is 9.96. The van der Waals surface area contributed by atoms with Crippen LogP contribution in [-0.2, 0) is 9.53 Å². The molecule has 2 rings (SSSR count). The average molecular weight is 268 g/mol. The van der Waals surface area contributed by atoms with Crippen LogP contribution < -0.4 is 5.32 Å². The van der Waals surface area contributed by atoms with Crippen molar-refractivity contribution in [3.63, 3.8) is 0 Å². The van der Waals surface area contributed by atoms with Gasteiger partial charge in [-0.15, -0.1) is 0 Å². The van der Waals surface area contributed by atoms with E-state index in [0.29, 0.717) is 24.7 Å². The molecular weight excluding hydrogens is 240 g/mol. The highest BCUT2D eigenvalue weighted by molar-refractivity contribution is 5.75. The molecule has 2 heterocycles. The highest BCUT2D eigenvalue weighted by atomic mass is 16.5. The molecule has 2 aliphatic rings. The fourth-order valence-electron chi connectivity index (χ4n) is 3.61. The zero-order chi connectivity index (χ0) is 13.8. The number of likely N-dealkylation sites (N-methyl/N-ethyl adjacent to an activating group) is 1. The molecule has 0 spiro atoms. The van der Waals surface area contributed by atoms with Crippen molar-refractivity contribution in [3.05, 3.63) is 0 Å². The Kier molecular flexibility index (Phi) is 5.22. The van der Waals surface area contributed by atoms with Gasteiger partial charge in [-0.2, -0.15) is 0 Å². The minimum absolute atomic E-state index is 0.0438. The van der Waals surface area contributed by atoms with Crippen molar-refractivity contribution in [3.8, 4) is 0 Å². The third kappa shape index (κ3) is 3.48. The number of hydrogen-bond acceptors (Lipinski definition) is 4. The van der Waals surface area contributed by atoms with E-state index in [9.17, 15) is 4.79 Å². The Balaban J connectivity index is 1.98. The number of ether oxygens (including phenoxy) is 1. The van der Waals surface area contributed by atoms with Crippen LogP contribution in [0.5, 0.6) is 0 Å². The predicted octanol–water partition coefficient (Wildman–Crippen LogP) is 1.93. The van der Waals surface area contributed by atoms with Crippen molar-refractivity contribution in [1.82, 2.24) is 10.2 Å². The maximum absolute atomic E-state index is 12.1. The lowest BCUT2D eigenvalue weighted by molar-refractivity contribution is -0.150. The zero-order valence-corrected chi connectivity index (χ0v) is 12.5. The van der Waals surface area contributed by atoms with Crippen LogP contribution in [-0.4, -0.2) is 48.7 Å². The molecular formula is C15H28N2O2. The minimum atomic E-state index is -0.0625. The molecule has 0 aromatic rings. The van der Waals surface area contributed by atoms with Gasteiger partial charge < -0.3 is 10.1 Å². The van der Waals surface area contributed by atoms with E-state index in [1.165, 1.54) is 25.7 Å². The molecule has 0 saturated carbocycles. The van der Waals surface area contributed by atoms with E-state index in [2.05, 4.69) is 24.2 Å². The molecule has 19 heavy (non-hydrogen) atoms. The zero-order valence-electron chi connectivity index (χ0n) is 12.5. The lowest BCUT2D eigenvalue weighted by Gasteiger charge is -2.38. The van der Waals surface area contributed by atoms with E-state index in [0.717, 1.165) is 12.8 Å². The van der Waals surface area contributed by atoms with Crippen LogP contribution >= 0.6 is 0 Å². The molecule has 0 amide bonds. The van der Waals surface area contributed by atoms with Crippen molar-refractivity contribution < 1.29 is 9.53 Å². The number of rotatable bonds is 6. The first kappa shape index (κ1) is 14.8. The topological polar surface area (TPSA) is 41.6 Å². The van der Waals surface area contributed by atoms with Gasteiger partial charge in [-0.3, -0.25) is 9.69 Å². The molecule has 3 atom stereocenters. The van der Waals surface area contributed by atoms with Crippen molar-refractivity contribution in [2.24, 2.45) is 0 Å². The van der Waals surface area contributed by atoms with Gasteiger partial charge in [0.2, 0.25) is 0 Å². The average Bonchev–Trinajstić information content (AvgIpc) is 2.74. The summed E-state index contributed by atoms with van der Waals surface area (Å²) < 4.78 is 5.24. The lowest BCUT2D eigenvalue weighted by Crippen LogP contribution is -2.52. The number of carbonyl (C=O) groups is 1. The summed E-state index contributed by atoms with van der Waals surface area (Å²) in [5, 5.41) is 3.66. The largest absolute Gasteiger partial charge is 0.465 e. The Hall–Kier alpha value is -0.610. The summed E-state index contributed by atoms with van der Waals surface area (Å²) in [6.45, 7) is 4.49. The Bertz CT molecular complexity index is 297. The smallest absolute Gasteiger partial charge is 0.323 e. The molecule has 4 nitrogen and oxygen atoms in total. The monoisotopic (exact) mass is 268 g/mol. The van der Waals surface area contributed by atoms with E-state index in [-0.39, 0.29) is 12.0 Å². The van der Waals surface area contributed by atoms with Crippen LogP contribution in [0.4, 0.5) is 0 Å². The van der Waals surface area contributed by atoms with Gasteiger partial charge in [-0.25, -0.2) is 0 Å². The molecule has 0 radical (unpaired) electrons. The third-order valence-electron chi connectivity index (χ3n) is 4.64. The quantitative estimate of drug-likeness (QED) is 0.748. The molecule has 1 N–H and O–H groups in total. The van der Waals surface area contributed by atoms with Gasteiger partial charge in [0, 0.05) is 18.1 Å². The molecule has 0 aromatic heterocycles. The highest BCUT2D eigenvalue weighted by Crippen LogP contribution is 2.30. The molecule has 2 saturated heterocycles. The van der Waals surface area contributed by atoms with E-state index in [1.807, 2.05) is 6.92 Å². The Morgan fingerprint density at radius 1 is 1.32 bits per heavy atom. The third-order valence-corrected chi connectivity index (χ3v) is 4.64. The van der Waals surface area contributed by atoms with Crippen molar-refractivity contribution in [2.45, 2.75) is 76.5 Å². The van der Waals surface area contributed by atoms with Crippen molar-refractivity contribution in [2.75, 3.05) is 13.7 Å². The molecule has 2 fully saturated rings. The Morgan fingerprint density at radius 2 is 1.95 bits per heavy atom. The Labute approximate surface area is 116 Å². The first-order valence-corrected chi connectivity index (χ1v) is 7.80. The van der Waals surface area contributed by atoms with Gasteiger partial charge in [0.1, 0.15) is 6.04 Å². The number of carbonyl (C=O) groups excluding carboxylic acids is 1. The van der Waals surface area contributed by atoms with Gasteiger partial charge in [0.25, 0.3) is 0 Å². The second kappa shape index (κ2) is 6.71. The molecule has 0 aromatic carbocycles. The van der Waals surface area contributed by atoms with Crippen LogP contribution in [0.25, 0.3) is 0 Å².